The van der Waals surface area contributed by atoms with Gasteiger partial charge in [-0.15, -0.1) is 0 Å². The average molecular weight is 277 g/mol. The van der Waals surface area contributed by atoms with E-state index in [1.165, 1.54) is 6.08 Å². The number of amides is 1. The molecule has 0 aliphatic rings. The molecule has 1 aromatic rings. The molecule has 0 radical (unpaired) electrons. The van der Waals surface area contributed by atoms with Gasteiger partial charge < -0.3 is 15.2 Å². The zero-order valence-corrected chi connectivity index (χ0v) is 11.5. The van der Waals surface area contributed by atoms with Gasteiger partial charge in [0, 0.05) is 19.0 Å². The molecule has 0 bridgehead atoms. The highest BCUT2D eigenvalue weighted by atomic mass is 16.5. The molecule has 0 heterocycles. The molecule has 0 atom stereocenters. The lowest BCUT2D eigenvalue weighted by Gasteiger charge is -2.03. The molecule has 5 heteroatoms. The van der Waals surface area contributed by atoms with E-state index in [4.69, 9.17) is 9.84 Å². The Balaban J connectivity index is 2.40. The first-order valence-corrected chi connectivity index (χ1v) is 6.52. The first kappa shape index (κ1) is 15.8. The van der Waals surface area contributed by atoms with Gasteiger partial charge in [0.05, 0.1) is 6.61 Å². The predicted molar refractivity (Wildman–Crippen MR) is 76.5 cm³/mol. The van der Waals surface area contributed by atoms with Crippen LogP contribution >= 0.6 is 0 Å². The van der Waals surface area contributed by atoms with Crippen molar-refractivity contribution < 1.29 is 19.4 Å². The molecule has 0 saturated heterocycles. The van der Waals surface area contributed by atoms with E-state index in [0.717, 1.165) is 11.3 Å². The van der Waals surface area contributed by atoms with Gasteiger partial charge in [-0.3, -0.25) is 9.59 Å². The molecule has 0 spiro atoms. The number of aliphatic carboxylic acids is 1. The Morgan fingerprint density at radius 2 is 2.20 bits per heavy atom. The number of carboxylic acid groups (broad SMARTS) is 1. The Labute approximate surface area is 118 Å². The molecule has 0 aliphatic heterocycles. The Hall–Kier alpha value is -2.30. The van der Waals surface area contributed by atoms with Crippen LogP contribution in [0.2, 0.25) is 0 Å². The van der Waals surface area contributed by atoms with Crippen LogP contribution in [0.15, 0.2) is 30.3 Å². The van der Waals surface area contributed by atoms with Gasteiger partial charge in [-0.1, -0.05) is 12.1 Å². The summed E-state index contributed by atoms with van der Waals surface area (Å²) in [7, 11) is 0. The van der Waals surface area contributed by atoms with Crippen LogP contribution in [0, 0.1) is 0 Å². The highest BCUT2D eigenvalue weighted by Crippen LogP contribution is 2.14. The Morgan fingerprint density at radius 3 is 2.90 bits per heavy atom. The van der Waals surface area contributed by atoms with E-state index in [2.05, 4.69) is 5.32 Å². The van der Waals surface area contributed by atoms with Gasteiger partial charge in [0.2, 0.25) is 5.91 Å². The van der Waals surface area contributed by atoms with Crippen molar-refractivity contribution in [1.82, 2.24) is 5.32 Å². The Kier molecular flexibility index (Phi) is 6.89. The molecule has 5 nitrogen and oxygen atoms in total. The van der Waals surface area contributed by atoms with Crippen LogP contribution in [0.25, 0.3) is 6.08 Å². The monoisotopic (exact) mass is 277 g/mol. The van der Waals surface area contributed by atoms with Gasteiger partial charge in [0.25, 0.3) is 0 Å². The van der Waals surface area contributed by atoms with Crippen LogP contribution in [-0.2, 0) is 9.59 Å². The molecular formula is C15H19NO4. The van der Waals surface area contributed by atoms with E-state index in [1.54, 1.807) is 6.08 Å². The lowest BCUT2D eigenvalue weighted by molar-refractivity contribution is -0.137. The summed E-state index contributed by atoms with van der Waals surface area (Å²) in [5.41, 5.74) is 0.872. The molecule has 0 unspecified atom stereocenters. The smallest absolute Gasteiger partial charge is 0.303 e. The van der Waals surface area contributed by atoms with Gasteiger partial charge in [0.15, 0.2) is 0 Å². The van der Waals surface area contributed by atoms with Crippen molar-refractivity contribution in [2.75, 3.05) is 13.2 Å². The van der Waals surface area contributed by atoms with Crippen molar-refractivity contribution in [3.05, 3.63) is 35.9 Å². The maximum atomic E-state index is 11.5. The maximum absolute atomic E-state index is 11.5. The van der Waals surface area contributed by atoms with Gasteiger partial charge in [-0.2, -0.15) is 0 Å². The standard InChI is InChI=1S/C15H19NO4/c1-2-20-13-6-3-5-12(11-13)8-9-14(17)16-10-4-7-15(18)19/h3,5-6,8-9,11H,2,4,7,10H2,1H3,(H,16,17)(H,18,19). The number of carboxylic acids is 1. The summed E-state index contributed by atoms with van der Waals surface area (Å²) >= 11 is 0. The number of ether oxygens (including phenoxy) is 1. The normalized spacial score (nSPS) is 10.4. The largest absolute Gasteiger partial charge is 0.494 e. The van der Waals surface area contributed by atoms with E-state index in [9.17, 15) is 9.59 Å². The maximum Gasteiger partial charge on any atom is 0.303 e. The van der Waals surface area contributed by atoms with Gasteiger partial charge in [0.1, 0.15) is 5.75 Å². The lowest BCUT2D eigenvalue weighted by atomic mass is 10.2. The SMILES string of the molecule is CCOc1cccc(C=CC(=O)NCCCC(=O)O)c1. The molecule has 2 N–H and O–H groups in total. The molecular weight excluding hydrogens is 258 g/mol. The lowest BCUT2D eigenvalue weighted by Crippen LogP contribution is -2.22. The number of carbonyl (C=O) groups excluding carboxylic acids is 1. The molecule has 1 rings (SSSR count). The third-order valence-electron chi connectivity index (χ3n) is 2.46. The minimum atomic E-state index is -0.859. The first-order valence-electron chi connectivity index (χ1n) is 6.52. The van der Waals surface area contributed by atoms with E-state index >= 15 is 0 Å². The second-order valence-electron chi connectivity index (χ2n) is 4.13. The molecule has 0 aromatic heterocycles. The zero-order chi connectivity index (χ0) is 14.8. The fraction of sp³-hybridized carbons (Fsp3) is 0.333. The fourth-order valence-electron chi connectivity index (χ4n) is 1.56. The number of hydrogen-bond donors (Lipinski definition) is 2. The van der Waals surface area contributed by atoms with Gasteiger partial charge in [-0.25, -0.2) is 0 Å². The van der Waals surface area contributed by atoms with E-state index in [1.807, 2.05) is 31.2 Å². The molecule has 0 aliphatic carbocycles. The fourth-order valence-corrected chi connectivity index (χ4v) is 1.56. The number of nitrogens with one attached hydrogen (secondary N) is 1. The summed E-state index contributed by atoms with van der Waals surface area (Å²) in [6.45, 7) is 2.86. The highest BCUT2D eigenvalue weighted by Gasteiger charge is 1.99. The van der Waals surface area contributed by atoms with Crippen LogP contribution in [0.4, 0.5) is 0 Å². The number of carbonyl (C=O) groups is 2. The summed E-state index contributed by atoms with van der Waals surface area (Å²) in [6, 6.07) is 7.43. The quantitative estimate of drug-likeness (QED) is 0.563. The second kappa shape index (κ2) is 8.74. The van der Waals surface area contributed by atoms with Crippen LogP contribution in [-0.4, -0.2) is 30.1 Å². The molecule has 108 valence electrons. The summed E-state index contributed by atoms with van der Waals surface area (Å²) in [4.78, 5) is 21.8. The van der Waals surface area contributed by atoms with Gasteiger partial charge in [-0.05, 0) is 37.1 Å². The molecule has 1 amide bonds. The minimum Gasteiger partial charge on any atom is -0.494 e. The first-order chi connectivity index (χ1) is 9.61. The summed E-state index contributed by atoms with van der Waals surface area (Å²) in [5, 5.41) is 11.1. The van der Waals surface area contributed by atoms with Crippen LogP contribution in [0.5, 0.6) is 5.75 Å². The van der Waals surface area contributed by atoms with Crippen molar-refractivity contribution in [2.24, 2.45) is 0 Å². The zero-order valence-electron chi connectivity index (χ0n) is 11.5. The van der Waals surface area contributed by atoms with Gasteiger partial charge >= 0.3 is 5.97 Å². The highest BCUT2D eigenvalue weighted by molar-refractivity contribution is 5.91. The summed E-state index contributed by atoms with van der Waals surface area (Å²) in [5.74, 6) is -0.337. The van der Waals surface area contributed by atoms with Crippen molar-refractivity contribution in [3.63, 3.8) is 0 Å². The summed E-state index contributed by atoms with van der Waals surface area (Å²) in [6.07, 6.45) is 3.59. The van der Waals surface area contributed by atoms with Crippen molar-refractivity contribution >= 4 is 18.0 Å². The second-order valence-corrected chi connectivity index (χ2v) is 4.13. The van der Waals surface area contributed by atoms with E-state index in [0.29, 0.717) is 19.6 Å². The Bertz CT molecular complexity index is 483. The Morgan fingerprint density at radius 1 is 1.40 bits per heavy atom. The number of hydrogen-bond acceptors (Lipinski definition) is 3. The van der Waals surface area contributed by atoms with Crippen molar-refractivity contribution in [3.8, 4) is 5.75 Å². The minimum absolute atomic E-state index is 0.0559. The van der Waals surface area contributed by atoms with E-state index in [-0.39, 0.29) is 12.3 Å². The third-order valence-corrected chi connectivity index (χ3v) is 2.46. The van der Waals surface area contributed by atoms with Crippen LogP contribution in [0.3, 0.4) is 0 Å². The third kappa shape index (κ3) is 6.58. The van der Waals surface area contributed by atoms with Crippen LogP contribution < -0.4 is 10.1 Å². The predicted octanol–water partition coefficient (Wildman–Crippen LogP) is 2.08. The number of rotatable bonds is 8. The molecule has 20 heavy (non-hydrogen) atoms. The van der Waals surface area contributed by atoms with Crippen molar-refractivity contribution in [1.29, 1.82) is 0 Å². The molecule has 0 saturated carbocycles. The van der Waals surface area contributed by atoms with Crippen molar-refractivity contribution in [2.45, 2.75) is 19.8 Å². The molecule has 0 fully saturated rings. The van der Waals surface area contributed by atoms with E-state index < -0.39 is 5.97 Å². The summed E-state index contributed by atoms with van der Waals surface area (Å²) < 4.78 is 5.37. The average Bonchev–Trinajstić information content (AvgIpc) is 2.42. The molecule has 1 aromatic carbocycles. The number of benzene rings is 1. The topological polar surface area (TPSA) is 75.6 Å². The van der Waals surface area contributed by atoms with Crippen LogP contribution in [0.1, 0.15) is 25.3 Å².